The van der Waals surface area contributed by atoms with Crippen LogP contribution in [0.1, 0.15) is 0 Å². The molecule has 2 aromatic rings. The molecule has 3 rings (SSSR count). The highest BCUT2D eigenvalue weighted by molar-refractivity contribution is 5.94. The van der Waals surface area contributed by atoms with Gasteiger partial charge >= 0.3 is 6.03 Å². The highest BCUT2D eigenvalue weighted by Crippen LogP contribution is 2.27. The Balaban J connectivity index is 1.52. The topological polar surface area (TPSA) is 47.6 Å². The van der Waals surface area contributed by atoms with Gasteiger partial charge in [0.25, 0.3) is 0 Å². The molecule has 2 aromatic carbocycles. The molecule has 0 aliphatic carbocycles. The number of hydrogen-bond donors (Lipinski definition) is 2. The number of anilines is 1. The fourth-order valence-electron chi connectivity index (χ4n) is 3.03. The lowest BCUT2D eigenvalue weighted by Gasteiger charge is -2.32. The van der Waals surface area contributed by atoms with Crippen molar-refractivity contribution in [2.45, 2.75) is 0 Å². The van der Waals surface area contributed by atoms with Crippen LogP contribution in [0.2, 0.25) is 0 Å². The Morgan fingerprint density at radius 1 is 0.960 bits per heavy atom. The van der Waals surface area contributed by atoms with Crippen LogP contribution in [0.4, 0.5) is 10.5 Å². The van der Waals surface area contributed by atoms with Gasteiger partial charge in [-0.15, -0.1) is 0 Å². The van der Waals surface area contributed by atoms with Gasteiger partial charge in [0.2, 0.25) is 0 Å². The number of carbonyl (C=O) groups excluding carboxylic acids is 1. The van der Waals surface area contributed by atoms with E-state index in [1.165, 1.54) is 0 Å². The Morgan fingerprint density at radius 3 is 2.40 bits per heavy atom. The van der Waals surface area contributed by atoms with Gasteiger partial charge in [0.05, 0.1) is 5.69 Å². The molecule has 5 nitrogen and oxygen atoms in total. The fourth-order valence-corrected chi connectivity index (χ4v) is 3.03. The maximum absolute atomic E-state index is 12.2. The number of hydrogen-bond acceptors (Lipinski definition) is 3. The molecule has 1 heterocycles. The number of rotatable bonds is 5. The molecule has 1 saturated heterocycles. The SMILES string of the molecule is CN1CCN(CCNC(=O)Nc2ccccc2-c2ccccc2)CC1. The quantitative estimate of drug-likeness (QED) is 0.881. The lowest BCUT2D eigenvalue weighted by atomic mass is 10.0. The van der Waals surface area contributed by atoms with Crippen molar-refractivity contribution in [3.8, 4) is 11.1 Å². The second kappa shape index (κ2) is 8.65. The van der Waals surface area contributed by atoms with Gasteiger partial charge in [-0.2, -0.15) is 0 Å². The first-order valence-corrected chi connectivity index (χ1v) is 8.82. The van der Waals surface area contributed by atoms with E-state index >= 15 is 0 Å². The van der Waals surface area contributed by atoms with E-state index in [1.54, 1.807) is 0 Å². The van der Waals surface area contributed by atoms with E-state index in [0.717, 1.165) is 49.5 Å². The zero-order valence-electron chi connectivity index (χ0n) is 14.7. The van der Waals surface area contributed by atoms with Crippen molar-refractivity contribution in [1.29, 1.82) is 0 Å². The number of para-hydroxylation sites is 1. The van der Waals surface area contributed by atoms with Crippen molar-refractivity contribution >= 4 is 11.7 Å². The first-order valence-electron chi connectivity index (χ1n) is 8.82. The Morgan fingerprint density at radius 2 is 1.64 bits per heavy atom. The Labute approximate surface area is 149 Å². The molecule has 1 aliphatic heterocycles. The first kappa shape index (κ1) is 17.5. The summed E-state index contributed by atoms with van der Waals surface area (Å²) >= 11 is 0. The maximum Gasteiger partial charge on any atom is 0.319 e. The summed E-state index contributed by atoms with van der Waals surface area (Å²) in [7, 11) is 2.15. The van der Waals surface area contributed by atoms with Gasteiger partial charge in [-0.1, -0.05) is 48.5 Å². The van der Waals surface area contributed by atoms with Gasteiger partial charge in [0.15, 0.2) is 0 Å². The zero-order valence-corrected chi connectivity index (χ0v) is 14.7. The van der Waals surface area contributed by atoms with E-state index in [4.69, 9.17) is 0 Å². The van der Waals surface area contributed by atoms with Crippen LogP contribution in [-0.4, -0.2) is 62.1 Å². The number of nitrogens with one attached hydrogen (secondary N) is 2. The van der Waals surface area contributed by atoms with E-state index in [2.05, 4.69) is 27.5 Å². The van der Waals surface area contributed by atoms with Crippen LogP contribution in [0, 0.1) is 0 Å². The summed E-state index contributed by atoms with van der Waals surface area (Å²) in [6, 6.07) is 17.8. The van der Waals surface area contributed by atoms with Crippen LogP contribution in [0.25, 0.3) is 11.1 Å². The second-order valence-corrected chi connectivity index (χ2v) is 6.44. The summed E-state index contributed by atoms with van der Waals surface area (Å²) in [5.74, 6) is 0. The molecular formula is C20H26N4O. The van der Waals surface area contributed by atoms with Crippen LogP contribution in [0.15, 0.2) is 54.6 Å². The van der Waals surface area contributed by atoms with Crippen LogP contribution in [-0.2, 0) is 0 Å². The number of piperazine rings is 1. The minimum absolute atomic E-state index is 0.155. The number of urea groups is 1. The Kier molecular flexibility index (Phi) is 6.04. The normalized spacial score (nSPS) is 15.7. The molecule has 0 spiro atoms. The number of carbonyl (C=O) groups is 1. The summed E-state index contributed by atoms with van der Waals surface area (Å²) in [4.78, 5) is 17.0. The molecule has 0 aromatic heterocycles. The van der Waals surface area contributed by atoms with Crippen molar-refractivity contribution in [3.63, 3.8) is 0 Å². The van der Waals surface area contributed by atoms with Gasteiger partial charge in [-0.3, -0.25) is 4.90 Å². The smallest absolute Gasteiger partial charge is 0.319 e. The van der Waals surface area contributed by atoms with E-state index in [-0.39, 0.29) is 6.03 Å². The molecule has 5 heteroatoms. The molecule has 25 heavy (non-hydrogen) atoms. The summed E-state index contributed by atoms with van der Waals surface area (Å²) in [6.45, 7) is 5.87. The average molecular weight is 338 g/mol. The summed E-state index contributed by atoms with van der Waals surface area (Å²) in [6.07, 6.45) is 0. The van der Waals surface area contributed by atoms with Crippen LogP contribution >= 0.6 is 0 Å². The molecule has 0 radical (unpaired) electrons. The minimum Gasteiger partial charge on any atom is -0.337 e. The summed E-state index contributed by atoms with van der Waals surface area (Å²) in [5.41, 5.74) is 2.94. The number of amides is 2. The third-order valence-corrected chi connectivity index (χ3v) is 4.57. The third-order valence-electron chi connectivity index (χ3n) is 4.57. The maximum atomic E-state index is 12.2. The highest BCUT2D eigenvalue weighted by atomic mass is 16.2. The van der Waals surface area contributed by atoms with Gasteiger partial charge in [0, 0.05) is 44.8 Å². The molecule has 0 bridgehead atoms. The lowest BCUT2D eigenvalue weighted by Crippen LogP contribution is -2.47. The lowest BCUT2D eigenvalue weighted by molar-refractivity contribution is 0.155. The largest absolute Gasteiger partial charge is 0.337 e. The van der Waals surface area contributed by atoms with Gasteiger partial charge in [0.1, 0.15) is 0 Å². The third kappa shape index (κ3) is 5.05. The molecule has 1 fully saturated rings. The van der Waals surface area contributed by atoms with Crippen molar-refractivity contribution in [2.24, 2.45) is 0 Å². The molecule has 1 aliphatic rings. The van der Waals surface area contributed by atoms with Crippen LogP contribution in [0.3, 0.4) is 0 Å². The van der Waals surface area contributed by atoms with Crippen molar-refractivity contribution < 1.29 is 4.79 Å². The molecule has 0 atom stereocenters. The van der Waals surface area contributed by atoms with Gasteiger partial charge in [-0.25, -0.2) is 4.79 Å². The minimum atomic E-state index is -0.155. The standard InChI is InChI=1S/C20H26N4O/c1-23-13-15-24(16-14-23)12-11-21-20(25)22-19-10-6-5-9-18(19)17-7-3-2-4-8-17/h2-10H,11-16H2,1H3,(H2,21,22,25). The highest BCUT2D eigenvalue weighted by Gasteiger charge is 2.13. The van der Waals surface area contributed by atoms with E-state index in [1.807, 2.05) is 54.6 Å². The van der Waals surface area contributed by atoms with E-state index < -0.39 is 0 Å². The average Bonchev–Trinajstić information content (AvgIpc) is 2.64. The molecule has 2 amide bonds. The first-order chi connectivity index (χ1) is 12.2. The van der Waals surface area contributed by atoms with Crippen molar-refractivity contribution in [2.75, 3.05) is 51.6 Å². The van der Waals surface area contributed by atoms with Crippen LogP contribution < -0.4 is 10.6 Å². The fraction of sp³-hybridized carbons (Fsp3) is 0.350. The molecule has 2 N–H and O–H groups in total. The summed E-state index contributed by atoms with van der Waals surface area (Å²) < 4.78 is 0. The Hall–Kier alpha value is -2.37. The number of benzene rings is 2. The second-order valence-electron chi connectivity index (χ2n) is 6.44. The van der Waals surface area contributed by atoms with Crippen LogP contribution in [0.5, 0.6) is 0 Å². The monoisotopic (exact) mass is 338 g/mol. The van der Waals surface area contributed by atoms with Gasteiger partial charge < -0.3 is 15.5 Å². The van der Waals surface area contributed by atoms with Gasteiger partial charge in [-0.05, 0) is 18.7 Å². The summed E-state index contributed by atoms with van der Waals surface area (Å²) in [5, 5.41) is 5.94. The zero-order chi connectivity index (χ0) is 17.5. The van der Waals surface area contributed by atoms with Crippen molar-refractivity contribution in [3.05, 3.63) is 54.6 Å². The Bertz CT molecular complexity index is 681. The molecule has 132 valence electrons. The van der Waals surface area contributed by atoms with Crippen molar-refractivity contribution in [1.82, 2.24) is 15.1 Å². The predicted molar refractivity (Wildman–Crippen MR) is 103 cm³/mol. The molecular weight excluding hydrogens is 312 g/mol. The number of nitrogens with zero attached hydrogens (tertiary/aromatic N) is 2. The van der Waals surface area contributed by atoms with E-state index in [0.29, 0.717) is 6.54 Å². The van der Waals surface area contributed by atoms with E-state index in [9.17, 15) is 4.79 Å². The molecule has 0 unspecified atom stereocenters. The predicted octanol–water partition coefficient (Wildman–Crippen LogP) is 2.72. The molecule has 0 saturated carbocycles. The number of likely N-dealkylation sites (N-methyl/N-ethyl adjacent to an activating group) is 1.